The summed E-state index contributed by atoms with van der Waals surface area (Å²) in [7, 11) is 2.02. The van der Waals surface area contributed by atoms with Gasteiger partial charge in [0, 0.05) is 18.8 Å². The van der Waals surface area contributed by atoms with Crippen LogP contribution >= 0.6 is 0 Å². The van der Waals surface area contributed by atoms with Gasteiger partial charge in [-0.3, -0.25) is 9.48 Å². The van der Waals surface area contributed by atoms with Gasteiger partial charge >= 0.3 is 0 Å². The second kappa shape index (κ2) is 5.87. The normalized spacial score (nSPS) is 17.6. The molecule has 1 saturated carbocycles. The fourth-order valence-electron chi connectivity index (χ4n) is 4.11. The molecule has 4 rings (SSSR count). The summed E-state index contributed by atoms with van der Waals surface area (Å²) in [6, 6.07) is 3.85. The van der Waals surface area contributed by atoms with Gasteiger partial charge in [-0.05, 0) is 49.8 Å². The van der Waals surface area contributed by atoms with Crippen molar-refractivity contribution in [3.63, 3.8) is 0 Å². The van der Waals surface area contributed by atoms with Crippen molar-refractivity contribution in [2.75, 3.05) is 0 Å². The highest BCUT2D eigenvalue weighted by Crippen LogP contribution is 2.30. The van der Waals surface area contributed by atoms with Crippen LogP contribution < -0.4 is 0 Å². The van der Waals surface area contributed by atoms with Crippen LogP contribution in [0.15, 0.2) is 22.8 Å². The zero-order valence-corrected chi connectivity index (χ0v) is 13.6. The van der Waals surface area contributed by atoms with Gasteiger partial charge in [0.2, 0.25) is 0 Å². The third-order valence-electron chi connectivity index (χ3n) is 5.28. The Morgan fingerprint density at radius 2 is 2.17 bits per heavy atom. The van der Waals surface area contributed by atoms with Gasteiger partial charge in [-0.25, -0.2) is 0 Å². The van der Waals surface area contributed by atoms with Crippen molar-refractivity contribution in [3.8, 4) is 0 Å². The molecule has 0 spiro atoms. The van der Waals surface area contributed by atoms with Gasteiger partial charge in [-0.2, -0.15) is 5.10 Å². The molecule has 0 saturated heterocycles. The molecule has 122 valence electrons. The van der Waals surface area contributed by atoms with Crippen LogP contribution in [0, 0.1) is 0 Å². The Morgan fingerprint density at radius 3 is 2.91 bits per heavy atom. The molecule has 0 radical (unpaired) electrons. The van der Waals surface area contributed by atoms with Crippen molar-refractivity contribution in [2.24, 2.45) is 7.05 Å². The molecular weight excluding hydrogens is 290 g/mol. The van der Waals surface area contributed by atoms with Crippen LogP contribution in [0.25, 0.3) is 0 Å². The summed E-state index contributed by atoms with van der Waals surface area (Å²) in [5, 5.41) is 4.70. The van der Waals surface area contributed by atoms with E-state index >= 15 is 0 Å². The lowest BCUT2D eigenvalue weighted by molar-refractivity contribution is 0.0628. The molecular formula is C18H23N3O2. The molecule has 5 nitrogen and oxygen atoms in total. The Kier molecular flexibility index (Phi) is 3.71. The first kappa shape index (κ1) is 14.5. The molecule has 0 N–H and O–H groups in total. The topological polar surface area (TPSA) is 51.3 Å². The molecule has 0 aliphatic heterocycles. The van der Waals surface area contributed by atoms with E-state index in [1.807, 2.05) is 16.6 Å². The highest BCUT2D eigenvalue weighted by molar-refractivity contribution is 5.91. The number of carbonyl (C=O) groups excluding carboxylic acids is 1. The molecule has 2 aliphatic rings. The van der Waals surface area contributed by atoms with E-state index in [1.54, 1.807) is 18.4 Å². The van der Waals surface area contributed by atoms with Crippen LogP contribution in [0.1, 0.15) is 59.6 Å². The van der Waals surface area contributed by atoms with E-state index in [1.165, 1.54) is 30.5 Å². The van der Waals surface area contributed by atoms with Crippen LogP contribution in [-0.2, 0) is 26.4 Å². The van der Waals surface area contributed by atoms with Crippen molar-refractivity contribution < 1.29 is 9.21 Å². The van der Waals surface area contributed by atoms with Crippen LogP contribution in [0.5, 0.6) is 0 Å². The number of hydrogen-bond acceptors (Lipinski definition) is 3. The summed E-state index contributed by atoms with van der Waals surface area (Å²) in [5.41, 5.74) is 3.78. The maximum absolute atomic E-state index is 12.9. The van der Waals surface area contributed by atoms with Gasteiger partial charge in [0.25, 0.3) is 5.91 Å². The minimum Gasteiger partial charge on any atom is -0.459 e. The number of carbonyl (C=O) groups is 1. The van der Waals surface area contributed by atoms with Crippen LogP contribution in [0.4, 0.5) is 0 Å². The number of furan rings is 1. The lowest BCUT2D eigenvalue weighted by atomic mass is 10.1. The van der Waals surface area contributed by atoms with Crippen molar-refractivity contribution >= 4 is 5.91 Å². The minimum atomic E-state index is -0.000648. The van der Waals surface area contributed by atoms with Crippen LogP contribution in [0.3, 0.4) is 0 Å². The molecule has 2 aromatic heterocycles. The van der Waals surface area contributed by atoms with Gasteiger partial charge in [-0.1, -0.05) is 12.8 Å². The number of hydrogen-bond donors (Lipinski definition) is 0. The quantitative estimate of drug-likeness (QED) is 0.871. The van der Waals surface area contributed by atoms with Crippen LogP contribution in [-0.4, -0.2) is 26.6 Å². The highest BCUT2D eigenvalue weighted by Gasteiger charge is 2.31. The summed E-state index contributed by atoms with van der Waals surface area (Å²) in [5.74, 6) is 0.434. The summed E-state index contributed by atoms with van der Waals surface area (Å²) >= 11 is 0. The molecule has 0 bridgehead atoms. The Bertz CT molecular complexity index is 696. The van der Waals surface area contributed by atoms with E-state index < -0.39 is 0 Å². The van der Waals surface area contributed by atoms with E-state index in [4.69, 9.17) is 9.52 Å². The van der Waals surface area contributed by atoms with E-state index in [-0.39, 0.29) is 5.91 Å². The molecule has 2 aliphatic carbocycles. The first-order valence-electron chi connectivity index (χ1n) is 8.62. The molecule has 0 atom stereocenters. The number of amides is 1. The predicted molar refractivity (Wildman–Crippen MR) is 86.1 cm³/mol. The highest BCUT2D eigenvalue weighted by atomic mass is 16.3. The zero-order valence-electron chi connectivity index (χ0n) is 13.6. The summed E-state index contributed by atoms with van der Waals surface area (Å²) in [4.78, 5) is 14.9. The van der Waals surface area contributed by atoms with Gasteiger partial charge in [0.1, 0.15) is 0 Å². The Hall–Kier alpha value is -2.04. The molecule has 23 heavy (non-hydrogen) atoms. The van der Waals surface area contributed by atoms with Crippen molar-refractivity contribution in [2.45, 2.75) is 57.5 Å². The number of fused-ring (bicyclic) bond motifs is 1. The fraction of sp³-hybridized carbons (Fsp3) is 0.556. The Labute approximate surface area is 136 Å². The molecule has 0 unspecified atom stereocenters. The second-order valence-electron chi connectivity index (χ2n) is 6.70. The predicted octanol–water partition coefficient (Wildman–Crippen LogP) is 3.09. The molecule has 1 fully saturated rings. The largest absolute Gasteiger partial charge is 0.459 e. The number of aryl methyl sites for hydroxylation is 1. The number of nitrogens with zero attached hydrogens (tertiary/aromatic N) is 3. The van der Waals surface area contributed by atoms with E-state index in [9.17, 15) is 4.79 Å². The molecule has 0 aromatic carbocycles. The molecule has 5 heteroatoms. The fourth-order valence-corrected chi connectivity index (χ4v) is 4.11. The van der Waals surface area contributed by atoms with E-state index in [0.29, 0.717) is 18.3 Å². The third kappa shape index (κ3) is 2.58. The molecule has 1 amide bonds. The standard InChI is InChI=1S/C18H23N3O2/c1-20-16-9-4-8-14(16)15(19-20)12-21(13-6-2-3-7-13)18(22)17-10-5-11-23-17/h5,10-11,13H,2-4,6-9,12H2,1H3. The minimum absolute atomic E-state index is 0.000648. The zero-order chi connectivity index (χ0) is 15.8. The van der Waals surface area contributed by atoms with Gasteiger partial charge in [0.05, 0.1) is 18.5 Å². The number of rotatable bonds is 4. The maximum atomic E-state index is 12.9. The van der Waals surface area contributed by atoms with Crippen molar-refractivity contribution in [1.29, 1.82) is 0 Å². The molecule has 2 aromatic rings. The average Bonchev–Trinajstić information content (AvgIpc) is 3.32. The Morgan fingerprint density at radius 1 is 1.35 bits per heavy atom. The van der Waals surface area contributed by atoms with Crippen LogP contribution in [0.2, 0.25) is 0 Å². The summed E-state index contributed by atoms with van der Waals surface area (Å²) in [6.45, 7) is 0.605. The second-order valence-corrected chi connectivity index (χ2v) is 6.70. The first-order valence-corrected chi connectivity index (χ1v) is 8.62. The van der Waals surface area contributed by atoms with E-state index in [2.05, 4.69) is 0 Å². The SMILES string of the molecule is Cn1nc(CN(C(=O)c2ccco2)C2CCCC2)c2c1CCC2. The number of aromatic nitrogens is 2. The lowest BCUT2D eigenvalue weighted by Crippen LogP contribution is -2.38. The smallest absolute Gasteiger partial charge is 0.290 e. The van der Waals surface area contributed by atoms with Crippen molar-refractivity contribution in [1.82, 2.24) is 14.7 Å². The maximum Gasteiger partial charge on any atom is 0.290 e. The summed E-state index contributed by atoms with van der Waals surface area (Å²) in [6.07, 6.45) is 9.53. The van der Waals surface area contributed by atoms with Crippen molar-refractivity contribution in [3.05, 3.63) is 41.1 Å². The Balaban J connectivity index is 1.63. The average molecular weight is 313 g/mol. The molecule has 2 heterocycles. The van der Waals surface area contributed by atoms with Gasteiger partial charge < -0.3 is 9.32 Å². The van der Waals surface area contributed by atoms with E-state index in [0.717, 1.165) is 31.4 Å². The third-order valence-corrected chi connectivity index (χ3v) is 5.28. The monoisotopic (exact) mass is 313 g/mol. The summed E-state index contributed by atoms with van der Waals surface area (Å²) < 4.78 is 7.36. The lowest BCUT2D eigenvalue weighted by Gasteiger charge is -2.27. The van der Waals surface area contributed by atoms with Gasteiger partial charge in [0.15, 0.2) is 5.76 Å². The van der Waals surface area contributed by atoms with Gasteiger partial charge in [-0.15, -0.1) is 0 Å². The first-order chi connectivity index (χ1) is 11.2.